The highest BCUT2D eigenvalue weighted by molar-refractivity contribution is 4.80. The van der Waals surface area contributed by atoms with Crippen molar-refractivity contribution in [3.63, 3.8) is 0 Å². The second-order valence-corrected chi connectivity index (χ2v) is 4.88. The van der Waals surface area contributed by atoms with Crippen molar-refractivity contribution in [2.75, 3.05) is 33.2 Å². The highest BCUT2D eigenvalue weighted by atomic mass is 16.3. The van der Waals surface area contributed by atoms with Gasteiger partial charge in [0.15, 0.2) is 0 Å². The van der Waals surface area contributed by atoms with Crippen LogP contribution in [0.3, 0.4) is 0 Å². The number of nitrogens with zero attached hydrogens (tertiary/aromatic N) is 2. The average molecular weight is 213 g/mol. The Labute approximate surface area is 92.2 Å². The number of rotatable bonds is 2. The fraction of sp³-hybridized carbons (Fsp3) is 1.00. The quantitative estimate of drug-likeness (QED) is 0.679. The number of piperazine rings is 1. The molecule has 1 aliphatic carbocycles. The van der Waals surface area contributed by atoms with E-state index in [2.05, 4.69) is 22.4 Å². The van der Waals surface area contributed by atoms with Crippen LogP contribution >= 0.6 is 0 Å². The number of nitrogens with one attached hydrogen (secondary N) is 1. The zero-order chi connectivity index (χ0) is 10.7. The van der Waals surface area contributed by atoms with Crippen LogP contribution < -0.4 is 5.43 Å². The fourth-order valence-electron chi connectivity index (χ4n) is 2.43. The van der Waals surface area contributed by atoms with Crippen LogP contribution in [-0.4, -0.2) is 60.4 Å². The first-order valence-electron chi connectivity index (χ1n) is 6.13. The van der Waals surface area contributed by atoms with E-state index < -0.39 is 0 Å². The molecule has 0 bridgehead atoms. The number of likely N-dealkylation sites (N-methyl/N-ethyl adjacent to an activating group) is 1. The molecule has 15 heavy (non-hydrogen) atoms. The van der Waals surface area contributed by atoms with Gasteiger partial charge in [0.05, 0.1) is 6.10 Å². The van der Waals surface area contributed by atoms with Crippen LogP contribution in [0.5, 0.6) is 0 Å². The van der Waals surface area contributed by atoms with E-state index >= 15 is 0 Å². The molecule has 0 aromatic rings. The molecule has 1 aliphatic heterocycles. The SMILES string of the molecule is CN1CCN(N[C@H]2CCCC[C@@H]2O)CC1. The predicted octanol–water partition coefficient (Wildman–Crippen LogP) is 0.0419. The number of hydrogen-bond acceptors (Lipinski definition) is 4. The third-order valence-corrected chi connectivity index (χ3v) is 3.58. The Bertz CT molecular complexity index is 192. The van der Waals surface area contributed by atoms with Gasteiger partial charge in [0.2, 0.25) is 0 Å². The summed E-state index contributed by atoms with van der Waals surface area (Å²) in [5.41, 5.74) is 3.48. The standard InChI is InChI=1S/C11H23N3O/c1-13-6-8-14(9-7-13)12-10-4-2-3-5-11(10)15/h10-12,15H,2-9H2,1H3/t10-,11-/m0/s1. The molecule has 0 amide bonds. The van der Waals surface area contributed by atoms with Crippen molar-refractivity contribution in [1.82, 2.24) is 15.3 Å². The van der Waals surface area contributed by atoms with Gasteiger partial charge in [0.1, 0.15) is 0 Å². The van der Waals surface area contributed by atoms with Gasteiger partial charge in [-0.2, -0.15) is 0 Å². The monoisotopic (exact) mass is 213 g/mol. The number of hydrazine groups is 1. The molecule has 4 nitrogen and oxygen atoms in total. The number of aliphatic hydroxyl groups is 1. The molecule has 2 rings (SSSR count). The molecule has 2 fully saturated rings. The van der Waals surface area contributed by atoms with Gasteiger partial charge in [-0.1, -0.05) is 12.8 Å². The maximum atomic E-state index is 9.85. The van der Waals surface area contributed by atoms with Crippen LogP contribution in [-0.2, 0) is 0 Å². The van der Waals surface area contributed by atoms with Crippen molar-refractivity contribution in [1.29, 1.82) is 0 Å². The van der Waals surface area contributed by atoms with Gasteiger partial charge >= 0.3 is 0 Å². The Balaban J connectivity index is 1.75. The summed E-state index contributed by atoms with van der Waals surface area (Å²) >= 11 is 0. The minimum absolute atomic E-state index is 0.140. The van der Waals surface area contributed by atoms with E-state index in [1.54, 1.807) is 0 Å². The van der Waals surface area contributed by atoms with E-state index in [9.17, 15) is 5.11 Å². The largest absolute Gasteiger partial charge is 0.391 e. The van der Waals surface area contributed by atoms with Gasteiger partial charge in [-0.25, -0.2) is 10.4 Å². The molecule has 2 aliphatic rings. The van der Waals surface area contributed by atoms with Crippen LogP contribution in [0.15, 0.2) is 0 Å². The number of hydrogen-bond donors (Lipinski definition) is 2. The molecule has 0 aromatic heterocycles. The lowest BCUT2D eigenvalue weighted by Gasteiger charge is -2.38. The molecule has 0 unspecified atom stereocenters. The van der Waals surface area contributed by atoms with Crippen molar-refractivity contribution >= 4 is 0 Å². The van der Waals surface area contributed by atoms with Crippen molar-refractivity contribution < 1.29 is 5.11 Å². The molecule has 4 heteroatoms. The van der Waals surface area contributed by atoms with Crippen molar-refractivity contribution in [2.24, 2.45) is 0 Å². The van der Waals surface area contributed by atoms with E-state index in [0.717, 1.165) is 39.0 Å². The molecule has 0 aromatic carbocycles. The Kier molecular flexibility index (Phi) is 3.97. The van der Waals surface area contributed by atoms with Gasteiger partial charge in [0, 0.05) is 32.2 Å². The zero-order valence-corrected chi connectivity index (χ0v) is 9.65. The van der Waals surface area contributed by atoms with Gasteiger partial charge in [-0.15, -0.1) is 0 Å². The summed E-state index contributed by atoms with van der Waals surface area (Å²) in [6.45, 7) is 4.38. The van der Waals surface area contributed by atoms with Gasteiger partial charge in [0.25, 0.3) is 0 Å². The van der Waals surface area contributed by atoms with E-state index in [4.69, 9.17) is 0 Å². The second-order valence-electron chi connectivity index (χ2n) is 4.88. The summed E-state index contributed by atoms with van der Waals surface area (Å²) in [6.07, 6.45) is 4.38. The van der Waals surface area contributed by atoms with Crippen LogP contribution in [0.4, 0.5) is 0 Å². The smallest absolute Gasteiger partial charge is 0.0706 e. The minimum Gasteiger partial charge on any atom is -0.391 e. The summed E-state index contributed by atoms with van der Waals surface area (Å²) in [4.78, 5) is 2.34. The lowest BCUT2D eigenvalue weighted by atomic mass is 9.93. The predicted molar refractivity (Wildman–Crippen MR) is 60.5 cm³/mol. The molecule has 2 atom stereocenters. The lowest BCUT2D eigenvalue weighted by molar-refractivity contribution is 0.0199. The molecule has 1 saturated heterocycles. The minimum atomic E-state index is -0.140. The second kappa shape index (κ2) is 5.25. The van der Waals surface area contributed by atoms with E-state index in [1.807, 2.05) is 0 Å². The van der Waals surface area contributed by atoms with Gasteiger partial charge < -0.3 is 10.0 Å². The highest BCUT2D eigenvalue weighted by Gasteiger charge is 2.25. The fourth-order valence-corrected chi connectivity index (χ4v) is 2.43. The van der Waals surface area contributed by atoms with Crippen LogP contribution in [0, 0.1) is 0 Å². The molecule has 2 N–H and O–H groups in total. The summed E-state index contributed by atoms with van der Waals surface area (Å²) < 4.78 is 0. The molecular weight excluding hydrogens is 190 g/mol. The molecule has 1 saturated carbocycles. The number of aliphatic hydroxyl groups excluding tert-OH is 1. The van der Waals surface area contributed by atoms with Gasteiger partial charge in [-0.3, -0.25) is 0 Å². The first-order valence-corrected chi connectivity index (χ1v) is 6.13. The summed E-state index contributed by atoms with van der Waals surface area (Å²) in [5.74, 6) is 0. The Morgan fingerprint density at radius 1 is 1.07 bits per heavy atom. The Hall–Kier alpha value is -0.160. The third kappa shape index (κ3) is 3.14. The third-order valence-electron chi connectivity index (χ3n) is 3.58. The van der Waals surface area contributed by atoms with E-state index in [0.29, 0.717) is 6.04 Å². The van der Waals surface area contributed by atoms with E-state index in [-0.39, 0.29) is 6.10 Å². The van der Waals surface area contributed by atoms with Crippen molar-refractivity contribution in [2.45, 2.75) is 37.8 Å². The summed E-state index contributed by atoms with van der Waals surface area (Å²) in [6, 6.07) is 0.294. The van der Waals surface area contributed by atoms with Crippen molar-refractivity contribution in [3.8, 4) is 0 Å². The Morgan fingerprint density at radius 3 is 2.40 bits per heavy atom. The average Bonchev–Trinajstić information content (AvgIpc) is 2.25. The zero-order valence-electron chi connectivity index (χ0n) is 9.65. The van der Waals surface area contributed by atoms with Crippen LogP contribution in [0.25, 0.3) is 0 Å². The lowest BCUT2D eigenvalue weighted by Crippen LogP contribution is -2.56. The van der Waals surface area contributed by atoms with Crippen LogP contribution in [0.2, 0.25) is 0 Å². The molecule has 88 valence electrons. The molecule has 1 heterocycles. The topological polar surface area (TPSA) is 38.7 Å². The first-order chi connectivity index (χ1) is 7.25. The normalized spacial score (nSPS) is 35.6. The van der Waals surface area contributed by atoms with Crippen molar-refractivity contribution in [3.05, 3.63) is 0 Å². The maximum absolute atomic E-state index is 9.85. The molecule has 0 spiro atoms. The summed E-state index contributed by atoms with van der Waals surface area (Å²) in [5, 5.41) is 12.1. The van der Waals surface area contributed by atoms with E-state index in [1.165, 1.54) is 12.8 Å². The summed E-state index contributed by atoms with van der Waals surface area (Å²) in [7, 11) is 2.16. The molecular formula is C11H23N3O. The first kappa shape index (κ1) is 11.3. The Morgan fingerprint density at radius 2 is 1.73 bits per heavy atom. The maximum Gasteiger partial charge on any atom is 0.0706 e. The van der Waals surface area contributed by atoms with Crippen LogP contribution in [0.1, 0.15) is 25.7 Å². The molecule has 0 radical (unpaired) electrons. The highest BCUT2D eigenvalue weighted by Crippen LogP contribution is 2.18. The van der Waals surface area contributed by atoms with Gasteiger partial charge in [-0.05, 0) is 19.9 Å².